The van der Waals surface area contributed by atoms with Gasteiger partial charge in [0.1, 0.15) is 11.4 Å². The number of anilines is 1. The lowest BCUT2D eigenvalue weighted by molar-refractivity contribution is 0.667. The van der Waals surface area contributed by atoms with E-state index in [9.17, 15) is 0 Å². The lowest BCUT2D eigenvalue weighted by Gasteiger charge is -2.07. The molecule has 0 spiro atoms. The van der Waals surface area contributed by atoms with Crippen molar-refractivity contribution in [3.8, 4) is 5.69 Å². The van der Waals surface area contributed by atoms with Crippen molar-refractivity contribution in [3.63, 3.8) is 0 Å². The minimum Gasteiger partial charge on any atom is -0.454 e. The van der Waals surface area contributed by atoms with Gasteiger partial charge in [0, 0.05) is 27.2 Å². The van der Waals surface area contributed by atoms with Gasteiger partial charge in [-0.1, -0.05) is 36.4 Å². The first-order chi connectivity index (χ1) is 13.3. The first-order valence-electron chi connectivity index (χ1n) is 8.86. The topological polar surface area (TPSA) is 57.0 Å². The maximum atomic E-state index is 5.93. The number of para-hydroxylation sites is 2. The average molecular weight is 349 g/mol. The highest BCUT2D eigenvalue weighted by Gasteiger charge is 2.14. The number of benzene rings is 3. The van der Waals surface area contributed by atoms with Crippen molar-refractivity contribution in [1.29, 1.82) is 0 Å². The van der Waals surface area contributed by atoms with Gasteiger partial charge in [-0.05, 0) is 36.4 Å². The Balaban J connectivity index is 1.74. The van der Waals surface area contributed by atoms with Gasteiger partial charge in [0.15, 0.2) is 5.58 Å². The monoisotopic (exact) mass is 349 g/mol. The van der Waals surface area contributed by atoms with Crippen LogP contribution in [0.2, 0.25) is 0 Å². The highest BCUT2D eigenvalue weighted by Crippen LogP contribution is 2.35. The smallest absolute Gasteiger partial charge is 0.153 e. The standard InChI is InChI=1S/C23H15N3O/c24-23-12-18-17-11-14(9-10-21(17)27-22(18)13-25-23)26-19-7-3-1-5-15(19)16-6-2-4-8-20(16)26/h1-13H,(H2,24,25). The molecule has 4 heteroatoms. The molecule has 3 aromatic heterocycles. The Bertz CT molecular complexity index is 1440. The van der Waals surface area contributed by atoms with Crippen LogP contribution in [0.5, 0.6) is 0 Å². The molecule has 0 bridgehead atoms. The Kier molecular flexibility index (Phi) is 2.72. The van der Waals surface area contributed by atoms with Crippen LogP contribution in [-0.2, 0) is 0 Å². The van der Waals surface area contributed by atoms with E-state index < -0.39 is 0 Å². The van der Waals surface area contributed by atoms with Crippen LogP contribution in [0.4, 0.5) is 5.82 Å². The summed E-state index contributed by atoms with van der Waals surface area (Å²) >= 11 is 0. The van der Waals surface area contributed by atoms with Gasteiger partial charge in [-0.2, -0.15) is 0 Å². The molecule has 0 saturated carbocycles. The van der Waals surface area contributed by atoms with Crippen molar-refractivity contribution >= 4 is 49.6 Å². The van der Waals surface area contributed by atoms with Crippen molar-refractivity contribution in [2.45, 2.75) is 0 Å². The molecule has 0 amide bonds. The Morgan fingerprint density at radius 1 is 0.704 bits per heavy atom. The van der Waals surface area contributed by atoms with E-state index in [1.807, 2.05) is 12.1 Å². The SMILES string of the molecule is Nc1cc2c(cn1)oc1ccc(-n3c4ccccc4c4ccccc43)cc12. The quantitative estimate of drug-likeness (QED) is 0.417. The third-order valence-electron chi connectivity index (χ3n) is 5.20. The molecule has 0 aliphatic heterocycles. The second kappa shape index (κ2) is 5.11. The fraction of sp³-hybridized carbons (Fsp3) is 0. The Hall–Kier alpha value is -3.79. The summed E-state index contributed by atoms with van der Waals surface area (Å²) in [6.07, 6.45) is 1.69. The molecule has 0 unspecified atom stereocenters. The molecule has 2 N–H and O–H groups in total. The van der Waals surface area contributed by atoms with Crippen LogP contribution in [0, 0.1) is 0 Å². The lowest BCUT2D eigenvalue weighted by Crippen LogP contribution is -1.93. The summed E-state index contributed by atoms with van der Waals surface area (Å²) in [6.45, 7) is 0. The summed E-state index contributed by atoms with van der Waals surface area (Å²) < 4.78 is 8.23. The summed E-state index contributed by atoms with van der Waals surface area (Å²) in [5.41, 5.74) is 11.0. The molecule has 0 saturated heterocycles. The molecular formula is C23H15N3O. The van der Waals surface area contributed by atoms with Gasteiger partial charge >= 0.3 is 0 Å². The van der Waals surface area contributed by atoms with Crippen molar-refractivity contribution in [2.75, 3.05) is 5.73 Å². The van der Waals surface area contributed by atoms with E-state index in [4.69, 9.17) is 10.2 Å². The van der Waals surface area contributed by atoms with Gasteiger partial charge in [-0.25, -0.2) is 4.98 Å². The maximum Gasteiger partial charge on any atom is 0.153 e. The van der Waals surface area contributed by atoms with Gasteiger partial charge in [-0.3, -0.25) is 0 Å². The number of nitrogens with two attached hydrogens (primary N) is 1. The third-order valence-corrected chi connectivity index (χ3v) is 5.20. The summed E-state index contributed by atoms with van der Waals surface area (Å²) in [5, 5.41) is 4.52. The van der Waals surface area contributed by atoms with E-state index in [2.05, 4.69) is 70.2 Å². The van der Waals surface area contributed by atoms with Gasteiger partial charge in [0.05, 0.1) is 17.2 Å². The van der Waals surface area contributed by atoms with E-state index in [1.54, 1.807) is 6.20 Å². The Morgan fingerprint density at radius 2 is 1.37 bits per heavy atom. The van der Waals surface area contributed by atoms with Gasteiger partial charge in [0.25, 0.3) is 0 Å². The molecule has 3 heterocycles. The molecule has 0 aliphatic carbocycles. The second-order valence-corrected chi connectivity index (χ2v) is 6.76. The highest BCUT2D eigenvalue weighted by atomic mass is 16.3. The molecular weight excluding hydrogens is 334 g/mol. The van der Waals surface area contributed by atoms with Gasteiger partial charge in [0.2, 0.25) is 0 Å². The zero-order valence-electron chi connectivity index (χ0n) is 14.4. The van der Waals surface area contributed by atoms with Crippen LogP contribution < -0.4 is 5.73 Å². The van der Waals surface area contributed by atoms with Gasteiger partial charge in [-0.15, -0.1) is 0 Å². The van der Waals surface area contributed by atoms with E-state index in [0.29, 0.717) is 5.82 Å². The summed E-state index contributed by atoms with van der Waals surface area (Å²) in [7, 11) is 0. The maximum absolute atomic E-state index is 5.93. The fourth-order valence-corrected chi connectivity index (χ4v) is 4.03. The van der Waals surface area contributed by atoms with Crippen LogP contribution >= 0.6 is 0 Å². The van der Waals surface area contributed by atoms with Crippen LogP contribution in [-0.4, -0.2) is 9.55 Å². The molecule has 3 aromatic carbocycles. The Morgan fingerprint density at radius 3 is 2.11 bits per heavy atom. The predicted octanol–water partition coefficient (Wildman–Crippen LogP) is 5.66. The lowest BCUT2D eigenvalue weighted by atomic mass is 10.1. The number of fused-ring (bicyclic) bond motifs is 6. The normalized spacial score (nSPS) is 11.9. The average Bonchev–Trinajstić information content (AvgIpc) is 3.23. The highest BCUT2D eigenvalue weighted by molar-refractivity contribution is 6.10. The summed E-state index contributed by atoms with van der Waals surface area (Å²) in [4.78, 5) is 4.14. The molecule has 0 aliphatic rings. The minimum absolute atomic E-state index is 0.493. The first kappa shape index (κ1) is 14.4. The molecule has 6 rings (SSSR count). The zero-order valence-corrected chi connectivity index (χ0v) is 14.4. The summed E-state index contributed by atoms with van der Waals surface area (Å²) in [5.74, 6) is 0.493. The van der Waals surface area contributed by atoms with Crippen molar-refractivity contribution in [1.82, 2.24) is 9.55 Å². The van der Waals surface area contributed by atoms with Crippen LogP contribution in [0.3, 0.4) is 0 Å². The van der Waals surface area contributed by atoms with E-state index in [0.717, 1.165) is 27.6 Å². The fourth-order valence-electron chi connectivity index (χ4n) is 4.03. The van der Waals surface area contributed by atoms with Gasteiger partial charge < -0.3 is 14.7 Å². The number of nitrogen functional groups attached to an aromatic ring is 1. The first-order valence-corrected chi connectivity index (χ1v) is 8.86. The number of hydrogen-bond acceptors (Lipinski definition) is 3. The number of furan rings is 1. The zero-order chi connectivity index (χ0) is 18.0. The van der Waals surface area contributed by atoms with E-state index in [1.165, 1.54) is 21.8 Å². The summed E-state index contributed by atoms with van der Waals surface area (Å²) in [6, 6.07) is 25.2. The number of aromatic nitrogens is 2. The van der Waals surface area contributed by atoms with E-state index >= 15 is 0 Å². The minimum atomic E-state index is 0.493. The van der Waals surface area contributed by atoms with Crippen LogP contribution in [0.25, 0.3) is 49.4 Å². The number of nitrogens with zero attached hydrogens (tertiary/aromatic N) is 2. The molecule has 27 heavy (non-hydrogen) atoms. The molecule has 4 nitrogen and oxygen atoms in total. The molecule has 6 aromatic rings. The van der Waals surface area contributed by atoms with Crippen molar-refractivity contribution < 1.29 is 4.42 Å². The number of hydrogen-bond donors (Lipinski definition) is 1. The predicted molar refractivity (Wildman–Crippen MR) is 110 cm³/mol. The number of pyridine rings is 1. The van der Waals surface area contributed by atoms with Crippen LogP contribution in [0.1, 0.15) is 0 Å². The van der Waals surface area contributed by atoms with Crippen molar-refractivity contribution in [2.24, 2.45) is 0 Å². The molecule has 0 fully saturated rings. The van der Waals surface area contributed by atoms with Crippen molar-refractivity contribution in [3.05, 3.63) is 79.0 Å². The Labute approximate surface area is 154 Å². The number of rotatable bonds is 1. The second-order valence-electron chi connectivity index (χ2n) is 6.76. The molecule has 128 valence electrons. The van der Waals surface area contributed by atoms with Crippen LogP contribution in [0.15, 0.2) is 83.4 Å². The van der Waals surface area contributed by atoms with E-state index in [-0.39, 0.29) is 0 Å². The third kappa shape index (κ3) is 1.95. The molecule has 0 radical (unpaired) electrons. The molecule has 0 atom stereocenters. The largest absolute Gasteiger partial charge is 0.454 e.